The zero-order valence-corrected chi connectivity index (χ0v) is 15.0. The molecule has 1 unspecified atom stereocenters. The van der Waals surface area contributed by atoms with Crippen LogP contribution in [0.2, 0.25) is 0 Å². The van der Waals surface area contributed by atoms with E-state index in [9.17, 15) is 4.79 Å². The smallest absolute Gasteiger partial charge is 0.341 e. The van der Waals surface area contributed by atoms with Crippen molar-refractivity contribution in [3.05, 3.63) is 23.2 Å². The Hall–Kier alpha value is -2.02. The molecule has 1 fully saturated rings. The third-order valence-electron chi connectivity index (χ3n) is 4.44. The van der Waals surface area contributed by atoms with Crippen molar-refractivity contribution in [2.24, 2.45) is 4.99 Å². The third kappa shape index (κ3) is 4.50. The van der Waals surface area contributed by atoms with Gasteiger partial charge in [0, 0.05) is 19.6 Å². The molecule has 1 saturated heterocycles. The van der Waals surface area contributed by atoms with Crippen LogP contribution in [-0.4, -0.2) is 56.7 Å². The van der Waals surface area contributed by atoms with Gasteiger partial charge in [0.25, 0.3) is 0 Å². The van der Waals surface area contributed by atoms with Crippen LogP contribution in [0.3, 0.4) is 0 Å². The van der Waals surface area contributed by atoms with E-state index in [1.165, 1.54) is 26.5 Å². The predicted molar refractivity (Wildman–Crippen MR) is 93.3 cm³/mol. The first kappa shape index (κ1) is 18.3. The molecule has 0 radical (unpaired) electrons. The number of esters is 1. The highest BCUT2D eigenvalue weighted by Gasteiger charge is 2.22. The molecule has 0 bridgehead atoms. The van der Waals surface area contributed by atoms with E-state index in [2.05, 4.69) is 27.4 Å². The second kappa shape index (κ2) is 8.73. The van der Waals surface area contributed by atoms with E-state index in [4.69, 9.17) is 9.15 Å². The molecule has 7 nitrogen and oxygen atoms in total. The average Bonchev–Trinajstić information content (AvgIpc) is 3.20. The normalized spacial score (nSPS) is 18.7. The first-order valence-electron chi connectivity index (χ1n) is 8.45. The van der Waals surface area contributed by atoms with Crippen molar-refractivity contribution in [3.8, 4) is 0 Å². The lowest BCUT2D eigenvalue weighted by Gasteiger charge is -2.23. The number of furan rings is 1. The maximum absolute atomic E-state index is 11.6. The van der Waals surface area contributed by atoms with Gasteiger partial charge in [-0.1, -0.05) is 6.92 Å². The lowest BCUT2D eigenvalue weighted by atomic mass is 10.2. The molecule has 134 valence electrons. The van der Waals surface area contributed by atoms with Crippen LogP contribution in [0, 0.1) is 6.92 Å². The Morgan fingerprint density at radius 1 is 1.50 bits per heavy atom. The van der Waals surface area contributed by atoms with Crippen molar-refractivity contribution in [2.75, 3.05) is 33.8 Å². The van der Waals surface area contributed by atoms with Crippen molar-refractivity contribution < 1.29 is 13.9 Å². The standard InChI is InChI=1S/C17H28N4O3/c1-5-21-8-6-7-13(21)10-19-17(18-3)20-11-14-9-15(12(2)24-14)16(22)23-4/h9,13H,5-8,10-11H2,1-4H3,(H2,18,19,20). The zero-order valence-electron chi connectivity index (χ0n) is 15.0. The van der Waals surface area contributed by atoms with Gasteiger partial charge >= 0.3 is 5.97 Å². The van der Waals surface area contributed by atoms with Gasteiger partial charge in [-0.3, -0.25) is 9.89 Å². The number of carbonyl (C=O) groups excluding carboxylic acids is 1. The molecule has 0 saturated carbocycles. The number of methoxy groups -OCH3 is 1. The summed E-state index contributed by atoms with van der Waals surface area (Å²) >= 11 is 0. The number of aliphatic imine (C=N–C) groups is 1. The number of likely N-dealkylation sites (N-methyl/N-ethyl adjacent to an activating group) is 1. The van der Waals surface area contributed by atoms with Crippen LogP contribution in [0.15, 0.2) is 15.5 Å². The van der Waals surface area contributed by atoms with E-state index in [0.717, 1.165) is 19.0 Å². The van der Waals surface area contributed by atoms with Crippen molar-refractivity contribution in [3.63, 3.8) is 0 Å². The van der Waals surface area contributed by atoms with Gasteiger partial charge in [-0.2, -0.15) is 0 Å². The Morgan fingerprint density at radius 3 is 2.96 bits per heavy atom. The monoisotopic (exact) mass is 336 g/mol. The van der Waals surface area contributed by atoms with Crippen LogP contribution in [-0.2, 0) is 11.3 Å². The molecular formula is C17H28N4O3. The lowest BCUT2D eigenvalue weighted by molar-refractivity contribution is 0.0599. The molecule has 1 aromatic rings. The van der Waals surface area contributed by atoms with Gasteiger partial charge in [0.2, 0.25) is 0 Å². The molecule has 2 heterocycles. The van der Waals surface area contributed by atoms with Gasteiger partial charge in [-0.15, -0.1) is 0 Å². The number of nitrogens with one attached hydrogen (secondary N) is 2. The largest absolute Gasteiger partial charge is 0.465 e. The summed E-state index contributed by atoms with van der Waals surface area (Å²) in [5.41, 5.74) is 0.460. The van der Waals surface area contributed by atoms with Gasteiger partial charge in [0.05, 0.1) is 13.7 Å². The summed E-state index contributed by atoms with van der Waals surface area (Å²) < 4.78 is 10.3. The number of guanidine groups is 1. The van der Waals surface area contributed by atoms with Gasteiger partial charge in [0.1, 0.15) is 17.1 Å². The second-order valence-corrected chi connectivity index (χ2v) is 5.91. The molecule has 1 aromatic heterocycles. The third-order valence-corrected chi connectivity index (χ3v) is 4.44. The fourth-order valence-electron chi connectivity index (χ4n) is 3.09. The minimum atomic E-state index is -0.383. The zero-order chi connectivity index (χ0) is 17.5. The van der Waals surface area contributed by atoms with Crippen LogP contribution in [0.5, 0.6) is 0 Å². The number of hydrogen-bond donors (Lipinski definition) is 2. The molecule has 1 aliphatic heterocycles. The quantitative estimate of drug-likeness (QED) is 0.466. The summed E-state index contributed by atoms with van der Waals surface area (Å²) in [6, 6.07) is 2.27. The molecule has 1 aliphatic rings. The molecule has 0 amide bonds. The molecule has 0 aromatic carbocycles. The van der Waals surface area contributed by atoms with E-state index >= 15 is 0 Å². The molecule has 24 heavy (non-hydrogen) atoms. The van der Waals surface area contributed by atoms with Gasteiger partial charge in [-0.25, -0.2) is 4.79 Å². The van der Waals surface area contributed by atoms with Crippen LogP contribution in [0.1, 0.15) is 41.6 Å². The van der Waals surface area contributed by atoms with Gasteiger partial charge in [0.15, 0.2) is 5.96 Å². The summed E-state index contributed by atoms with van der Waals surface area (Å²) in [5, 5.41) is 6.58. The summed E-state index contributed by atoms with van der Waals surface area (Å²) in [4.78, 5) is 18.3. The second-order valence-electron chi connectivity index (χ2n) is 5.91. The highest BCUT2D eigenvalue weighted by atomic mass is 16.5. The SMILES string of the molecule is CCN1CCCC1CNC(=NC)NCc1cc(C(=O)OC)c(C)o1. The topological polar surface area (TPSA) is 79.1 Å². The number of ether oxygens (including phenoxy) is 1. The molecule has 2 rings (SSSR count). The Morgan fingerprint density at radius 2 is 2.29 bits per heavy atom. The molecule has 0 aliphatic carbocycles. The van der Waals surface area contributed by atoms with Crippen LogP contribution < -0.4 is 10.6 Å². The maximum atomic E-state index is 11.6. The average molecular weight is 336 g/mol. The van der Waals surface area contributed by atoms with Crippen molar-refractivity contribution in [2.45, 2.75) is 39.3 Å². The van der Waals surface area contributed by atoms with Gasteiger partial charge in [-0.05, 0) is 38.9 Å². The van der Waals surface area contributed by atoms with Gasteiger partial charge < -0.3 is 19.8 Å². The summed E-state index contributed by atoms with van der Waals surface area (Å²) in [6.07, 6.45) is 2.48. The number of nitrogens with zero attached hydrogens (tertiary/aromatic N) is 2. The van der Waals surface area contributed by atoms with Crippen molar-refractivity contribution in [1.29, 1.82) is 0 Å². The Bertz CT molecular complexity index is 582. The molecule has 7 heteroatoms. The number of hydrogen-bond acceptors (Lipinski definition) is 5. The van der Waals surface area contributed by atoms with E-state index < -0.39 is 0 Å². The molecular weight excluding hydrogens is 308 g/mol. The Labute approximate surface area is 143 Å². The first-order chi connectivity index (χ1) is 11.6. The van der Waals surface area contributed by atoms with E-state index in [-0.39, 0.29) is 5.97 Å². The lowest BCUT2D eigenvalue weighted by Crippen LogP contribution is -2.44. The molecule has 0 spiro atoms. The molecule has 1 atom stereocenters. The number of aryl methyl sites for hydroxylation is 1. The van der Waals surface area contributed by atoms with Crippen LogP contribution >= 0.6 is 0 Å². The van der Waals surface area contributed by atoms with E-state index in [0.29, 0.717) is 29.7 Å². The Kier molecular flexibility index (Phi) is 6.66. The predicted octanol–water partition coefficient (Wildman–Crippen LogP) is 1.52. The first-order valence-corrected chi connectivity index (χ1v) is 8.45. The number of carbonyl (C=O) groups is 1. The van der Waals surface area contributed by atoms with Crippen LogP contribution in [0.4, 0.5) is 0 Å². The maximum Gasteiger partial charge on any atom is 0.341 e. The summed E-state index contributed by atoms with van der Waals surface area (Å²) in [5.74, 6) is 1.58. The number of likely N-dealkylation sites (tertiary alicyclic amines) is 1. The number of rotatable bonds is 6. The van der Waals surface area contributed by atoms with E-state index in [1.807, 2.05) is 0 Å². The minimum absolute atomic E-state index is 0.383. The highest BCUT2D eigenvalue weighted by molar-refractivity contribution is 5.90. The molecule has 2 N–H and O–H groups in total. The summed E-state index contributed by atoms with van der Waals surface area (Å²) in [7, 11) is 3.11. The highest BCUT2D eigenvalue weighted by Crippen LogP contribution is 2.16. The minimum Gasteiger partial charge on any atom is -0.465 e. The van der Waals surface area contributed by atoms with Crippen molar-refractivity contribution in [1.82, 2.24) is 15.5 Å². The van der Waals surface area contributed by atoms with E-state index in [1.54, 1.807) is 20.0 Å². The Balaban J connectivity index is 1.84. The fourth-order valence-corrected chi connectivity index (χ4v) is 3.09. The fraction of sp³-hybridized carbons (Fsp3) is 0.647. The van der Waals surface area contributed by atoms with Crippen molar-refractivity contribution >= 4 is 11.9 Å². The van der Waals surface area contributed by atoms with Crippen LogP contribution in [0.25, 0.3) is 0 Å². The summed E-state index contributed by atoms with van der Waals surface area (Å²) in [6.45, 7) is 7.54.